The average molecular weight is 344 g/mol. The Kier molecular flexibility index (Phi) is 5.82. The third kappa shape index (κ3) is 4.79. The second-order valence-electron chi connectivity index (χ2n) is 6.09. The van der Waals surface area contributed by atoms with Gasteiger partial charge in [-0.1, -0.05) is 19.1 Å². The number of benzene rings is 1. The molecule has 0 unspecified atom stereocenters. The Morgan fingerprint density at radius 1 is 1.29 bits per heavy atom. The Morgan fingerprint density at radius 2 is 2.04 bits per heavy atom. The molecule has 0 saturated carbocycles. The van der Waals surface area contributed by atoms with Crippen LogP contribution in [0.3, 0.4) is 0 Å². The summed E-state index contributed by atoms with van der Waals surface area (Å²) in [7, 11) is 0. The van der Waals surface area contributed by atoms with E-state index in [1.165, 1.54) is 16.9 Å². The largest absolute Gasteiger partial charge is 0.353 e. The maximum atomic E-state index is 12.1. The van der Waals surface area contributed by atoms with Gasteiger partial charge >= 0.3 is 0 Å². The van der Waals surface area contributed by atoms with Gasteiger partial charge in [-0.3, -0.25) is 4.79 Å². The average Bonchev–Trinajstić information content (AvgIpc) is 3.03. The first-order chi connectivity index (χ1) is 11.7. The van der Waals surface area contributed by atoms with Crippen LogP contribution >= 0.6 is 11.3 Å². The predicted octanol–water partition coefficient (Wildman–Crippen LogP) is 2.86. The van der Waals surface area contributed by atoms with E-state index in [-0.39, 0.29) is 5.91 Å². The molecule has 0 bridgehead atoms. The van der Waals surface area contributed by atoms with Crippen LogP contribution in [0.4, 0.5) is 10.8 Å². The highest BCUT2D eigenvalue weighted by atomic mass is 32.1. The topological polar surface area (TPSA) is 66.0 Å². The summed E-state index contributed by atoms with van der Waals surface area (Å²) in [6.07, 6.45) is 3.39. The summed E-state index contributed by atoms with van der Waals surface area (Å²) >= 11 is 1.53. The number of nitrogens with one attached hydrogen (secondary N) is 3. The number of carbonyl (C=O) groups excluding carboxylic acids is 1. The molecule has 0 aliphatic carbocycles. The number of hydrogen-bond acceptors (Lipinski definition) is 5. The Hall–Kier alpha value is -1.92. The molecule has 3 rings (SSSR count). The maximum Gasteiger partial charge on any atom is 0.226 e. The molecule has 6 heteroatoms. The van der Waals surface area contributed by atoms with Crippen LogP contribution in [0.15, 0.2) is 29.6 Å². The van der Waals surface area contributed by atoms with E-state index in [1.807, 2.05) is 5.38 Å². The minimum atomic E-state index is 0.0612. The first-order valence-corrected chi connectivity index (χ1v) is 9.41. The summed E-state index contributed by atoms with van der Waals surface area (Å²) < 4.78 is 0. The molecule has 2 heterocycles. The highest BCUT2D eigenvalue weighted by molar-refractivity contribution is 7.13. The lowest BCUT2D eigenvalue weighted by Crippen LogP contribution is -2.43. The second-order valence-corrected chi connectivity index (χ2v) is 6.95. The van der Waals surface area contributed by atoms with E-state index in [9.17, 15) is 4.79 Å². The molecular weight excluding hydrogens is 320 g/mol. The molecule has 128 valence electrons. The number of rotatable bonds is 6. The number of anilines is 2. The standard InChI is InChI=1S/C18H24N4OS/c1-2-13-3-5-14(6-4-13)21-18-22-16(12-24-18)11-17(23)20-15-7-9-19-10-8-15/h3-6,12,15,19H,2,7-11H2,1H3,(H,20,23)(H,21,22). The number of amides is 1. The second kappa shape index (κ2) is 8.26. The molecule has 1 fully saturated rings. The van der Waals surface area contributed by atoms with Crippen LogP contribution < -0.4 is 16.0 Å². The normalized spacial score (nSPS) is 15.2. The molecule has 5 nitrogen and oxygen atoms in total. The Balaban J connectivity index is 1.51. The Bertz CT molecular complexity index is 662. The lowest BCUT2D eigenvalue weighted by atomic mass is 10.1. The fraction of sp³-hybridized carbons (Fsp3) is 0.444. The molecule has 2 aromatic rings. The van der Waals surface area contributed by atoms with Gasteiger partial charge in [0.15, 0.2) is 5.13 Å². The summed E-state index contributed by atoms with van der Waals surface area (Å²) in [6, 6.07) is 8.65. The van der Waals surface area contributed by atoms with Crippen molar-refractivity contribution in [3.8, 4) is 0 Å². The number of nitrogens with zero attached hydrogens (tertiary/aromatic N) is 1. The van der Waals surface area contributed by atoms with E-state index in [0.717, 1.165) is 48.9 Å². The Morgan fingerprint density at radius 3 is 2.75 bits per heavy atom. The first kappa shape index (κ1) is 16.9. The zero-order valence-electron chi connectivity index (χ0n) is 14.0. The van der Waals surface area contributed by atoms with Crippen molar-refractivity contribution < 1.29 is 4.79 Å². The molecule has 24 heavy (non-hydrogen) atoms. The fourth-order valence-corrected chi connectivity index (χ4v) is 3.53. The van der Waals surface area contributed by atoms with Crippen LogP contribution in [-0.4, -0.2) is 30.0 Å². The predicted molar refractivity (Wildman–Crippen MR) is 99.0 cm³/mol. The molecule has 0 radical (unpaired) electrons. The highest BCUT2D eigenvalue weighted by Gasteiger charge is 2.16. The lowest BCUT2D eigenvalue weighted by Gasteiger charge is -2.23. The van der Waals surface area contributed by atoms with Crippen LogP contribution in [0.25, 0.3) is 0 Å². The number of aryl methyl sites for hydroxylation is 1. The maximum absolute atomic E-state index is 12.1. The highest BCUT2D eigenvalue weighted by Crippen LogP contribution is 2.21. The summed E-state index contributed by atoms with van der Waals surface area (Å²) in [4.78, 5) is 16.6. The number of piperidine rings is 1. The van der Waals surface area contributed by atoms with Crippen LogP contribution in [0.1, 0.15) is 31.0 Å². The molecule has 1 aromatic carbocycles. The molecule has 3 N–H and O–H groups in total. The fourth-order valence-electron chi connectivity index (χ4n) is 2.80. The summed E-state index contributed by atoms with van der Waals surface area (Å²) in [5.74, 6) is 0.0612. The summed E-state index contributed by atoms with van der Waals surface area (Å²) in [5.41, 5.74) is 3.15. The molecule has 1 saturated heterocycles. The smallest absolute Gasteiger partial charge is 0.226 e. The minimum absolute atomic E-state index is 0.0612. The molecule has 1 aliphatic heterocycles. The van der Waals surface area contributed by atoms with Gasteiger partial charge in [0.25, 0.3) is 0 Å². The quantitative estimate of drug-likeness (QED) is 0.754. The van der Waals surface area contributed by atoms with Crippen LogP contribution in [0.2, 0.25) is 0 Å². The minimum Gasteiger partial charge on any atom is -0.353 e. The van der Waals surface area contributed by atoms with Gasteiger partial charge in [-0.05, 0) is 50.0 Å². The van der Waals surface area contributed by atoms with Gasteiger partial charge < -0.3 is 16.0 Å². The van der Waals surface area contributed by atoms with Crippen LogP contribution in [-0.2, 0) is 17.6 Å². The number of aromatic nitrogens is 1. The van der Waals surface area contributed by atoms with Crippen molar-refractivity contribution in [3.63, 3.8) is 0 Å². The van der Waals surface area contributed by atoms with Crippen LogP contribution in [0, 0.1) is 0 Å². The third-order valence-corrected chi connectivity index (χ3v) is 5.02. The van der Waals surface area contributed by atoms with E-state index in [2.05, 4.69) is 52.1 Å². The van der Waals surface area contributed by atoms with Gasteiger partial charge in [-0.15, -0.1) is 11.3 Å². The zero-order valence-corrected chi connectivity index (χ0v) is 14.8. The number of thiazole rings is 1. The van der Waals surface area contributed by atoms with Crippen molar-refractivity contribution in [2.24, 2.45) is 0 Å². The molecule has 0 spiro atoms. The zero-order chi connectivity index (χ0) is 16.8. The molecule has 1 aliphatic rings. The SMILES string of the molecule is CCc1ccc(Nc2nc(CC(=O)NC3CCNCC3)cs2)cc1. The van der Waals surface area contributed by atoms with E-state index < -0.39 is 0 Å². The number of hydrogen-bond donors (Lipinski definition) is 3. The Labute approximate surface area is 146 Å². The van der Waals surface area contributed by atoms with Crippen molar-refractivity contribution in [2.75, 3.05) is 18.4 Å². The summed E-state index contributed by atoms with van der Waals surface area (Å²) in [5, 5.41) is 12.5. The van der Waals surface area contributed by atoms with E-state index in [4.69, 9.17) is 0 Å². The monoisotopic (exact) mass is 344 g/mol. The van der Waals surface area contributed by atoms with Crippen LogP contribution in [0.5, 0.6) is 0 Å². The van der Waals surface area contributed by atoms with Gasteiger partial charge in [-0.2, -0.15) is 0 Å². The van der Waals surface area contributed by atoms with E-state index >= 15 is 0 Å². The molecule has 0 atom stereocenters. The van der Waals surface area contributed by atoms with Crippen molar-refractivity contribution >= 4 is 28.1 Å². The van der Waals surface area contributed by atoms with Gasteiger partial charge in [-0.25, -0.2) is 4.98 Å². The molecule has 1 aromatic heterocycles. The van der Waals surface area contributed by atoms with Crippen molar-refractivity contribution in [3.05, 3.63) is 40.9 Å². The molecule has 1 amide bonds. The van der Waals surface area contributed by atoms with Gasteiger partial charge in [0.1, 0.15) is 0 Å². The van der Waals surface area contributed by atoms with Gasteiger partial charge in [0, 0.05) is 17.1 Å². The molecular formula is C18H24N4OS. The van der Waals surface area contributed by atoms with Gasteiger partial charge in [0.2, 0.25) is 5.91 Å². The summed E-state index contributed by atoms with van der Waals surface area (Å²) in [6.45, 7) is 4.10. The van der Waals surface area contributed by atoms with E-state index in [1.54, 1.807) is 0 Å². The van der Waals surface area contributed by atoms with Crippen molar-refractivity contribution in [1.82, 2.24) is 15.6 Å². The van der Waals surface area contributed by atoms with Gasteiger partial charge in [0.05, 0.1) is 12.1 Å². The first-order valence-electron chi connectivity index (χ1n) is 8.53. The van der Waals surface area contributed by atoms with Crippen molar-refractivity contribution in [2.45, 2.75) is 38.6 Å². The number of carbonyl (C=O) groups is 1. The third-order valence-electron chi connectivity index (χ3n) is 4.21. The van der Waals surface area contributed by atoms with Crippen molar-refractivity contribution in [1.29, 1.82) is 0 Å². The lowest BCUT2D eigenvalue weighted by molar-refractivity contribution is -0.121. The van der Waals surface area contributed by atoms with E-state index in [0.29, 0.717) is 12.5 Å².